The van der Waals surface area contributed by atoms with Crippen molar-refractivity contribution in [3.8, 4) is 0 Å². The van der Waals surface area contributed by atoms with Crippen LogP contribution in [-0.4, -0.2) is 62.0 Å². The third-order valence-corrected chi connectivity index (χ3v) is 6.70. The molecule has 2 aliphatic heterocycles. The Morgan fingerprint density at radius 3 is 2.64 bits per heavy atom. The predicted molar refractivity (Wildman–Crippen MR) is 99.8 cm³/mol. The minimum Gasteiger partial charge on any atom is -0.378 e. The van der Waals surface area contributed by atoms with Crippen molar-refractivity contribution < 1.29 is 9.47 Å². The number of nitrogens with zero attached hydrogens (tertiary/aromatic N) is 2. The number of likely N-dealkylation sites (tertiary alicyclic amines) is 1. The number of ether oxygens (including phenoxy) is 2. The van der Waals surface area contributed by atoms with Gasteiger partial charge in [-0.15, -0.1) is 0 Å². The van der Waals surface area contributed by atoms with Gasteiger partial charge in [0.1, 0.15) is 0 Å². The summed E-state index contributed by atoms with van der Waals surface area (Å²) in [6, 6.07) is 0.481. The molecular weight excluding hydrogens is 314 g/mol. The van der Waals surface area contributed by atoms with Crippen molar-refractivity contribution >= 4 is 5.96 Å². The maximum absolute atomic E-state index is 6.09. The third-order valence-electron chi connectivity index (χ3n) is 6.70. The molecule has 0 aromatic carbocycles. The molecule has 4 fully saturated rings. The highest BCUT2D eigenvalue weighted by atomic mass is 16.5. The Labute approximate surface area is 152 Å². The van der Waals surface area contributed by atoms with Crippen molar-refractivity contribution in [3.63, 3.8) is 0 Å². The Morgan fingerprint density at radius 1 is 1.20 bits per heavy atom. The number of aliphatic imine (C=N–C) groups is 1. The number of hydrogen-bond donors (Lipinski definition) is 1. The molecule has 2 saturated heterocycles. The largest absolute Gasteiger partial charge is 0.378 e. The number of rotatable bonds is 5. The molecular formula is C20H35N3O2. The van der Waals surface area contributed by atoms with Gasteiger partial charge in [0.2, 0.25) is 0 Å². The lowest BCUT2D eigenvalue weighted by Crippen LogP contribution is -2.68. The molecule has 0 aromatic heterocycles. The summed E-state index contributed by atoms with van der Waals surface area (Å²) in [6.45, 7) is 11.6. The molecule has 4 aliphatic rings. The van der Waals surface area contributed by atoms with E-state index in [0.717, 1.165) is 57.6 Å². The molecule has 1 N–H and O–H groups in total. The summed E-state index contributed by atoms with van der Waals surface area (Å²) in [5.41, 5.74) is 0.196. The first kappa shape index (κ1) is 17.6. The minimum absolute atomic E-state index is 0.196. The highest BCUT2D eigenvalue weighted by Gasteiger charge is 2.59. The topological polar surface area (TPSA) is 46.1 Å². The van der Waals surface area contributed by atoms with Gasteiger partial charge >= 0.3 is 0 Å². The van der Waals surface area contributed by atoms with Gasteiger partial charge in [0.05, 0.1) is 12.2 Å². The molecule has 2 saturated carbocycles. The number of nitrogens with one attached hydrogen (secondary N) is 1. The van der Waals surface area contributed by atoms with Crippen LogP contribution >= 0.6 is 0 Å². The fraction of sp³-hybridized carbons (Fsp3) is 0.950. The highest BCUT2D eigenvalue weighted by molar-refractivity contribution is 5.80. The van der Waals surface area contributed by atoms with Crippen LogP contribution in [0.4, 0.5) is 0 Å². The van der Waals surface area contributed by atoms with E-state index in [2.05, 4.69) is 31.0 Å². The van der Waals surface area contributed by atoms with E-state index < -0.39 is 0 Å². The van der Waals surface area contributed by atoms with Crippen molar-refractivity contribution in [1.82, 2.24) is 10.2 Å². The second-order valence-corrected chi connectivity index (χ2v) is 8.95. The van der Waals surface area contributed by atoms with Gasteiger partial charge in [-0.2, -0.15) is 0 Å². The van der Waals surface area contributed by atoms with E-state index in [9.17, 15) is 0 Å². The van der Waals surface area contributed by atoms with Crippen LogP contribution in [-0.2, 0) is 9.47 Å². The summed E-state index contributed by atoms with van der Waals surface area (Å²) in [5.74, 6) is 2.61. The minimum atomic E-state index is 0.196. The standard InChI is InChI=1S/C20H35N3O2/c1-4-21-19(22-17-16-9-12-24-18(16)20(17,2)3)23-10-7-15(8-11-23)25-13-14-5-6-14/h14-18H,4-13H2,1-3H3,(H,21,22). The Hall–Kier alpha value is -0.810. The summed E-state index contributed by atoms with van der Waals surface area (Å²) >= 11 is 0. The average molecular weight is 350 g/mol. The van der Waals surface area contributed by atoms with Gasteiger partial charge in [-0.1, -0.05) is 13.8 Å². The first-order chi connectivity index (χ1) is 12.1. The van der Waals surface area contributed by atoms with Crippen molar-refractivity contribution in [2.45, 2.75) is 71.1 Å². The Morgan fingerprint density at radius 2 is 1.96 bits per heavy atom. The highest BCUT2D eigenvalue weighted by Crippen LogP contribution is 2.52. The predicted octanol–water partition coefficient (Wildman–Crippen LogP) is 2.66. The smallest absolute Gasteiger partial charge is 0.194 e. The van der Waals surface area contributed by atoms with Gasteiger partial charge in [0, 0.05) is 50.2 Å². The van der Waals surface area contributed by atoms with Crippen molar-refractivity contribution in [3.05, 3.63) is 0 Å². The number of guanidine groups is 1. The van der Waals surface area contributed by atoms with Crippen molar-refractivity contribution in [2.24, 2.45) is 22.2 Å². The zero-order valence-electron chi connectivity index (χ0n) is 16.2. The van der Waals surface area contributed by atoms with Gasteiger partial charge in [-0.25, -0.2) is 0 Å². The fourth-order valence-corrected chi connectivity index (χ4v) is 4.93. The maximum atomic E-state index is 6.09. The second kappa shape index (κ2) is 7.07. The molecule has 25 heavy (non-hydrogen) atoms. The van der Waals surface area contributed by atoms with Crippen LogP contribution in [0.1, 0.15) is 52.9 Å². The molecule has 3 atom stereocenters. The maximum Gasteiger partial charge on any atom is 0.194 e. The van der Waals surface area contributed by atoms with Gasteiger partial charge in [0.15, 0.2) is 5.96 Å². The zero-order valence-corrected chi connectivity index (χ0v) is 16.2. The monoisotopic (exact) mass is 349 g/mol. The van der Waals surface area contributed by atoms with E-state index in [1.54, 1.807) is 0 Å². The van der Waals surface area contributed by atoms with E-state index in [1.807, 2.05) is 0 Å². The lowest BCUT2D eigenvalue weighted by atomic mass is 9.57. The summed E-state index contributed by atoms with van der Waals surface area (Å²) in [5, 5.41) is 3.82. The van der Waals surface area contributed by atoms with Gasteiger partial charge < -0.3 is 19.7 Å². The van der Waals surface area contributed by atoms with Gasteiger partial charge in [-0.05, 0) is 44.9 Å². The molecule has 142 valence electrons. The number of piperidine rings is 1. The van der Waals surface area contributed by atoms with Crippen LogP contribution in [0.15, 0.2) is 4.99 Å². The molecule has 0 amide bonds. The van der Waals surface area contributed by atoms with E-state index in [-0.39, 0.29) is 5.41 Å². The van der Waals surface area contributed by atoms with E-state index >= 15 is 0 Å². The number of fused-ring (bicyclic) bond motifs is 1. The molecule has 0 spiro atoms. The van der Waals surface area contributed by atoms with Crippen molar-refractivity contribution in [1.29, 1.82) is 0 Å². The quantitative estimate of drug-likeness (QED) is 0.612. The van der Waals surface area contributed by atoms with E-state index in [0.29, 0.717) is 24.2 Å². The van der Waals surface area contributed by atoms with Crippen molar-refractivity contribution in [2.75, 3.05) is 32.8 Å². The first-order valence-corrected chi connectivity index (χ1v) is 10.4. The lowest BCUT2D eigenvalue weighted by Gasteiger charge is -2.55. The molecule has 0 radical (unpaired) electrons. The Kier molecular flexibility index (Phi) is 4.98. The molecule has 5 nitrogen and oxygen atoms in total. The van der Waals surface area contributed by atoms with E-state index in [4.69, 9.17) is 14.5 Å². The summed E-state index contributed by atoms with van der Waals surface area (Å²) in [6.07, 6.45) is 7.06. The van der Waals surface area contributed by atoms with E-state index in [1.165, 1.54) is 19.3 Å². The van der Waals surface area contributed by atoms with Crippen LogP contribution in [0.25, 0.3) is 0 Å². The Balaban J connectivity index is 1.32. The zero-order chi connectivity index (χ0) is 17.4. The number of hydrogen-bond acceptors (Lipinski definition) is 3. The molecule has 3 unspecified atom stereocenters. The Bertz CT molecular complexity index is 495. The SMILES string of the molecule is CCN=C(NC1C2CCOC2C1(C)C)N1CCC(OCC2CC2)CC1. The van der Waals surface area contributed by atoms with Crippen LogP contribution in [0, 0.1) is 17.3 Å². The molecule has 2 heterocycles. The summed E-state index contributed by atoms with van der Waals surface area (Å²) in [7, 11) is 0. The van der Waals surface area contributed by atoms with Gasteiger partial charge in [0.25, 0.3) is 0 Å². The summed E-state index contributed by atoms with van der Waals surface area (Å²) < 4.78 is 12.0. The summed E-state index contributed by atoms with van der Waals surface area (Å²) in [4.78, 5) is 7.25. The normalized spacial score (nSPS) is 35.4. The van der Waals surface area contributed by atoms with Crippen LogP contribution in [0.5, 0.6) is 0 Å². The fourth-order valence-electron chi connectivity index (χ4n) is 4.93. The third kappa shape index (κ3) is 3.55. The molecule has 5 heteroatoms. The molecule has 0 bridgehead atoms. The second-order valence-electron chi connectivity index (χ2n) is 8.95. The lowest BCUT2D eigenvalue weighted by molar-refractivity contribution is -0.107. The van der Waals surface area contributed by atoms with Crippen LogP contribution < -0.4 is 5.32 Å². The average Bonchev–Trinajstić information content (AvgIpc) is 3.33. The first-order valence-electron chi connectivity index (χ1n) is 10.4. The van der Waals surface area contributed by atoms with Crippen LogP contribution in [0.3, 0.4) is 0 Å². The molecule has 2 aliphatic carbocycles. The molecule has 4 rings (SSSR count). The van der Waals surface area contributed by atoms with Gasteiger partial charge in [-0.3, -0.25) is 4.99 Å². The van der Waals surface area contributed by atoms with Crippen LogP contribution in [0.2, 0.25) is 0 Å². The molecule has 0 aromatic rings.